The lowest BCUT2D eigenvalue weighted by Crippen LogP contribution is -1.93. The van der Waals surface area contributed by atoms with Gasteiger partial charge >= 0.3 is 0 Å². The molecule has 1 aromatic carbocycles. The lowest BCUT2D eigenvalue weighted by Gasteiger charge is -1.99. The summed E-state index contributed by atoms with van der Waals surface area (Å²) in [6.45, 7) is 4.23. The molecule has 90 valence electrons. The van der Waals surface area contributed by atoms with E-state index in [9.17, 15) is 0 Å². The van der Waals surface area contributed by atoms with E-state index in [1.165, 1.54) is 4.90 Å². The van der Waals surface area contributed by atoms with Crippen LogP contribution in [0.5, 0.6) is 0 Å². The Hall–Kier alpha value is -1.29. The van der Waals surface area contributed by atoms with Gasteiger partial charge in [0.25, 0.3) is 0 Å². The number of nitrogens with zero attached hydrogens (tertiary/aromatic N) is 2. The summed E-state index contributed by atoms with van der Waals surface area (Å²) in [5.74, 6) is 2.62. The van der Waals surface area contributed by atoms with E-state index in [2.05, 4.69) is 36.1 Å². The van der Waals surface area contributed by atoms with Crippen LogP contribution in [0, 0.1) is 0 Å². The predicted molar refractivity (Wildman–Crippen MR) is 69.0 cm³/mol. The Kier molecular flexibility index (Phi) is 4.20. The lowest BCUT2D eigenvalue weighted by atomic mass is 10.1. The summed E-state index contributed by atoms with van der Waals surface area (Å²) in [5, 5.41) is 4.00. The summed E-state index contributed by atoms with van der Waals surface area (Å²) in [4.78, 5) is 5.62. The number of benzene rings is 1. The van der Waals surface area contributed by atoms with Crippen LogP contribution in [0.15, 0.2) is 39.8 Å². The van der Waals surface area contributed by atoms with Gasteiger partial charge in [0, 0.05) is 10.8 Å². The molecule has 0 saturated carbocycles. The van der Waals surface area contributed by atoms with Crippen LogP contribution in [0.2, 0.25) is 0 Å². The second-order valence-corrected chi connectivity index (χ2v) is 5.01. The van der Waals surface area contributed by atoms with Crippen LogP contribution in [-0.2, 0) is 5.75 Å². The summed E-state index contributed by atoms with van der Waals surface area (Å²) >= 11 is 1.71. The van der Waals surface area contributed by atoms with Crippen molar-refractivity contribution in [1.29, 1.82) is 0 Å². The molecule has 1 heterocycles. The molecule has 0 aliphatic rings. The average molecular weight is 248 g/mol. The van der Waals surface area contributed by atoms with Gasteiger partial charge in [-0.05, 0) is 18.6 Å². The Morgan fingerprint density at radius 3 is 2.76 bits per heavy atom. The maximum atomic E-state index is 5.23. The number of rotatable bonds is 5. The maximum Gasteiger partial charge on any atom is 0.237 e. The zero-order chi connectivity index (χ0) is 12.1. The van der Waals surface area contributed by atoms with E-state index in [1.54, 1.807) is 11.8 Å². The average Bonchev–Trinajstić information content (AvgIpc) is 2.85. The van der Waals surface area contributed by atoms with Crippen LogP contribution >= 0.6 is 11.8 Å². The van der Waals surface area contributed by atoms with Gasteiger partial charge in [-0.15, -0.1) is 11.8 Å². The van der Waals surface area contributed by atoms with Crippen LogP contribution in [-0.4, -0.2) is 10.1 Å². The highest BCUT2D eigenvalue weighted by atomic mass is 32.2. The van der Waals surface area contributed by atoms with Crippen molar-refractivity contribution >= 4 is 11.8 Å². The SMILES string of the molecule is CCC(C)c1noc(CSc2ccccc2)n1. The van der Waals surface area contributed by atoms with Crippen molar-refractivity contribution in [2.75, 3.05) is 0 Å². The Morgan fingerprint density at radius 1 is 1.29 bits per heavy atom. The van der Waals surface area contributed by atoms with Gasteiger partial charge in [0.15, 0.2) is 5.82 Å². The summed E-state index contributed by atoms with van der Waals surface area (Å²) in [6, 6.07) is 10.2. The second-order valence-electron chi connectivity index (χ2n) is 3.96. The van der Waals surface area contributed by atoms with E-state index < -0.39 is 0 Å². The van der Waals surface area contributed by atoms with Gasteiger partial charge < -0.3 is 4.52 Å². The number of aromatic nitrogens is 2. The normalized spacial score (nSPS) is 12.6. The maximum absolute atomic E-state index is 5.23. The minimum atomic E-state index is 0.370. The van der Waals surface area contributed by atoms with Crippen LogP contribution in [0.25, 0.3) is 0 Å². The molecule has 0 aliphatic carbocycles. The largest absolute Gasteiger partial charge is 0.338 e. The molecule has 0 aliphatic heterocycles. The lowest BCUT2D eigenvalue weighted by molar-refractivity contribution is 0.381. The minimum Gasteiger partial charge on any atom is -0.338 e. The summed E-state index contributed by atoms with van der Waals surface area (Å²) in [5.41, 5.74) is 0. The fourth-order valence-electron chi connectivity index (χ4n) is 1.37. The predicted octanol–water partition coefficient (Wildman–Crippen LogP) is 3.88. The molecule has 3 nitrogen and oxygen atoms in total. The zero-order valence-corrected chi connectivity index (χ0v) is 10.9. The fourth-order valence-corrected chi connectivity index (χ4v) is 2.13. The highest BCUT2D eigenvalue weighted by Gasteiger charge is 2.11. The summed E-state index contributed by atoms with van der Waals surface area (Å²) in [7, 11) is 0. The molecule has 1 unspecified atom stereocenters. The molecule has 0 radical (unpaired) electrons. The molecular weight excluding hydrogens is 232 g/mol. The Labute approximate surface area is 106 Å². The van der Waals surface area contributed by atoms with Crippen LogP contribution in [0.3, 0.4) is 0 Å². The van der Waals surface area contributed by atoms with E-state index in [1.807, 2.05) is 18.2 Å². The van der Waals surface area contributed by atoms with Gasteiger partial charge in [-0.3, -0.25) is 0 Å². The second kappa shape index (κ2) is 5.87. The molecule has 1 atom stereocenters. The molecule has 2 rings (SSSR count). The first-order chi connectivity index (χ1) is 8.29. The molecule has 0 saturated heterocycles. The third kappa shape index (κ3) is 3.33. The van der Waals surface area contributed by atoms with Crippen molar-refractivity contribution in [3.8, 4) is 0 Å². The molecule has 0 N–H and O–H groups in total. The molecule has 0 amide bonds. The molecule has 0 spiro atoms. The zero-order valence-electron chi connectivity index (χ0n) is 10.1. The van der Waals surface area contributed by atoms with Crippen LogP contribution in [0.4, 0.5) is 0 Å². The highest BCUT2D eigenvalue weighted by Crippen LogP contribution is 2.22. The summed E-state index contributed by atoms with van der Waals surface area (Å²) in [6.07, 6.45) is 1.03. The summed E-state index contributed by atoms with van der Waals surface area (Å²) < 4.78 is 5.23. The van der Waals surface area contributed by atoms with Gasteiger partial charge in [0.2, 0.25) is 5.89 Å². The van der Waals surface area contributed by atoms with Crippen molar-refractivity contribution < 1.29 is 4.52 Å². The minimum absolute atomic E-state index is 0.370. The first kappa shape index (κ1) is 12.2. The first-order valence-electron chi connectivity index (χ1n) is 5.80. The number of hydrogen-bond acceptors (Lipinski definition) is 4. The quantitative estimate of drug-likeness (QED) is 0.753. The topological polar surface area (TPSA) is 38.9 Å². The van der Waals surface area contributed by atoms with E-state index in [0.717, 1.165) is 18.0 Å². The number of thioether (sulfide) groups is 1. The van der Waals surface area contributed by atoms with Crippen molar-refractivity contribution in [1.82, 2.24) is 10.1 Å². The first-order valence-corrected chi connectivity index (χ1v) is 6.78. The van der Waals surface area contributed by atoms with Crippen LogP contribution < -0.4 is 0 Å². The van der Waals surface area contributed by atoms with E-state index in [4.69, 9.17) is 4.52 Å². The molecule has 0 bridgehead atoms. The Bertz CT molecular complexity index is 455. The Balaban J connectivity index is 1.94. The van der Waals surface area contributed by atoms with E-state index in [-0.39, 0.29) is 0 Å². The monoisotopic (exact) mass is 248 g/mol. The van der Waals surface area contributed by atoms with Gasteiger partial charge in [0.1, 0.15) is 0 Å². The Morgan fingerprint density at radius 2 is 2.06 bits per heavy atom. The highest BCUT2D eigenvalue weighted by molar-refractivity contribution is 7.98. The van der Waals surface area contributed by atoms with Crippen molar-refractivity contribution in [2.24, 2.45) is 0 Å². The van der Waals surface area contributed by atoms with E-state index >= 15 is 0 Å². The standard InChI is InChI=1S/C13H16N2OS/c1-3-10(2)13-14-12(16-15-13)9-17-11-7-5-4-6-8-11/h4-8,10H,3,9H2,1-2H3. The van der Waals surface area contributed by atoms with E-state index in [0.29, 0.717) is 11.8 Å². The molecule has 4 heteroatoms. The smallest absolute Gasteiger partial charge is 0.237 e. The third-order valence-electron chi connectivity index (χ3n) is 2.64. The van der Waals surface area contributed by atoms with Gasteiger partial charge in [0.05, 0.1) is 5.75 Å². The van der Waals surface area contributed by atoms with Gasteiger partial charge in [-0.25, -0.2) is 0 Å². The van der Waals surface area contributed by atoms with Gasteiger partial charge in [-0.1, -0.05) is 37.2 Å². The molecule has 2 aromatic rings. The molecular formula is C13H16N2OS. The third-order valence-corrected chi connectivity index (χ3v) is 3.64. The fraction of sp³-hybridized carbons (Fsp3) is 0.385. The van der Waals surface area contributed by atoms with Crippen molar-refractivity contribution in [2.45, 2.75) is 36.8 Å². The van der Waals surface area contributed by atoms with Crippen molar-refractivity contribution in [3.05, 3.63) is 42.0 Å². The van der Waals surface area contributed by atoms with Crippen LogP contribution in [0.1, 0.15) is 37.9 Å². The van der Waals surface area contributed by atoms with Crippen molar-refractivity contribution in [3.63, 3.8) is 0 Å². The molecule has 0 fully saturated rings. The molecule has 1 aromatic heterocycles. The van der Waals surface area contributed by atoms with Gasteiger partial charge in [-0.2, -0.15) is 4.98 Å². The molecule has 17 heavy (non-hydrogen) atoms. The number of hydrogen-bond donors (Lipinski definition) is 0.